The van der Waals surface area contributed by atoms with Crippen LogP contribution < -0.4 is 5.84 Å². The molecule has 0 fully saturated rings. The zero-order valence-electron chi connectivity index (χ0n) is 12.6. The van der Waals surface area contributed by atoms with E-state index < -0.39 is 12.2 Å². The number of rotatable bonds is 3. The lowest BCUT2D eigenvalue weighted by Gasteiger charge is -2.16. The van der Waals surface area contributed by atoms with E-state index in [1.165, 1.54) is 4.68 Å². The smallest absolute Gasteiger partial charge is 0.299 e. The largest absolute Gasteiger partial charge is 0.336 e. The maximum atomic E-state index is 12.9. The van der Waals surface area contributed by atoms with Gasteiger partial charge in [-0.3, -0.25) is 0 Å². The summed E-state index contributed by atoms with van der Waals surface area (Å²) >= 11 is 1.12. The number of fused-ring (bicyclic) bond motifs is 1. The summed E-state index contributed by atoms with van der Waals surface area (Å²) in [6.45, 7) is 5.89. The van der Waals surface area contributed by atoms with Crippen molar-refractivity contribution in [1.82, 2.24) is 34.7 Å². The molecule has 0 saturated carbocycles. The van der Waals surface area contributed by atoms with E-state index in [0.717, 1.165) is 16.3 Å². The van der Waals surface area contributed by atoms with Gasteiger partial charge in [0.2, 0.25) is 11.0 Å². The van der Waals surface area contributed by atoms with Crippen LogP contribution in [0.25, 0.3) is 5.65 Å². The fourth-order valence-corrected chi connectivity index (χ4v) is 2.64. The lowest BCUT2D eigenvalue weighted by atomic mass is 9.96. The summed E-state index contributed by atoms with van der Waals surface area (Å²) in [6, 6.07) is 3.19. The molecule has 0 amide bonds. The van der Waals surface area contributed by atoms with Crippen LogP contribution in [0.15, 0.2) is 22.3 Å². The standard InChI is InChI=1S/C12H14F2N8S/c1-12(2,3)10-18-19-11(21(10)15)23-7-5-4-6-16-17-9(8(13)14)22(6)20-7/h4-5,8H,15H2,1-3H3. The highest BCUT2D eigenvalue weighted by Crippen LogP contribution is 2.28. The Morgan fingerprint density at radius 1 is 1.13 bits per heavy atom. The van der Waals surface area contributed by atoms with Crippen molar-refractivity contribution in [2.24, 2.45) is 0 Å². The molecule has 11 heteroatoms. The molecule has 0 aliphatic heterocycles. The number of nitrogen functional groups attached to an aromatic ring is 1. The fourth-order valence-electron chi connectivity index (χ4n) is 1.93. The van der Waals surface area contributed by atoms with Gasteiger partial charge in [0.05, 0.1) is 0 Å². The second kappa shape index (κ2) is 5.41. The van der Waals surface area contributed by atoms with Gasteiger partial charge in [-0.05, 0) is 23.9 Å². The van der Waals surface area contributed by atoms with Crippen molar-refractivity contribution in [2.75, 3.05) is 5.84 Å². The third-order valence-corrected chi connectivity index (χ3v) is 3.88. The van der Waals surface area contributed by atoms with E-state index in [1.54, 1.807) is 12.1 Å². The van der Waals surface area contributed by atoms with Gasteiger partial charge in [-0.25, -0.2) is 13.5 Å². The molecule has 2 N–H and O–H groups in total. The molecule has 0 atom stereocenters. The first-order valence-electron chi connectivity index (χ1n) is 6.66. The molecule has 0 saturated heterocycles. The molecule has 23 heavy (non-hydrogen) atoms. The van der Waals surface area contributed by atoms with Crippen LogP contribution in [-0.4, -0.2) is 34.7 Å². The minimum absolute atomic E-state index is 0.245. The number of nitrogens with two attached hydrogens (primary N) is 1. The molecule has 0 spiro atoms. The summed E-state index contributed by atoms with van der Waals surface area (Å²) in [4.78, 5) is 0. The fraction of sp³-hybridized carbons (Fsp3) is 0.417. The van der Waals surface area contributed by atoms with Crippen LogP contribution in [0.5, 0.6) is 0 Å². The molecule has 0 aliphatic rings. The first-order chi connectivity index (χ1) is 10.8. The summed E-state index contributed by atoms with van der Waals surface area (Å²) < 4.78 is 28.1. The SMILES string of the molecule is CC(C)(C)c1nnc(Sc2ccc3nnc(C(F)F)n3n2)n1N. The number of nitrogens with zero attached hydrogens (tertiary/aromatic N) is 7. The van der Waals surface area contributed by atoms with Crippen LogP contribution in [0, 0.1) is 0 Å². The van der Waals surface area contributed by atoms with Crippen LogP contribution >= 0.6 is 11.8 Å². The van der Waals surface area contributed by atoms with Gasteiger partial charge in [0.1, 0.15) is 5.03 Å². The van der Waals surface area contributed by atoms with Gasteiger partial charge < -0.3 is 5.84 Å². The van der Waals surface area contributed by atoms with Crippen LogP contribution in [0.3, 0.4) is 0 Å². The Hall–Kier alpha value is -2.30. The number of aromatic nitrogens is 7. The molecule has 0 radical (unpaired) electrons. The zero-order valence-corrected chi connectivity index (χ0v) is 13.4. The van der Waals surface area contributed by atoms with Crippen LogP contribution in [0.4, 0.5) is 8.78 Å². The summed E-state index contributed by atoms with van der Waals surface area (Å²) in [5.41, 5.74) is -0.0241. The predicted octanol–water partition coefficient (Wildman–Crippen LogP) is 1.82. The Balaban J connectivity index is 1.96. The maximum absolute atomic E-state index is 12.9. The van der Waals surface area contributed by atoms with Crippen LogP contribution in [-0.2, 0) is 5.41 Å². The molecule has 8 nitrogen and oxygen atoms in total. The lowest BCUT2D eigenvalue weighted by Crippen LogP contribution is -2.24. The highest BCUT2D eigenvalue weighted by molar-refractivity contribution is 7.99. The van der Waals surface area contributed by atoms with Crippen molar-refractivity contribution < 1.29 is 8.78 Å². The Kier molecular flexibility index (Phi) is 3.66. The van der Waals surface area contributed by atoms with E-state index in [2.05, 4.69) is 25.5 Å². The Morgan fingerprint density at radius 2 is 1.87 bits per heavy atom. The second-order valence-electron chi connectivity index (χ2n) is 5.83. The van der Waals surface area contributed by atoms with Crippen LogP contribution in [0.1, 0.15) is 38.8 Å². The van der Waals surface area contributed by atoms with Gasteiger partial charge in [0, 0.05) is 5.41 Å². The minimum atomic E-state index is -2.76. The second-order valence-corrected chi connectivity index (χ2v) is 6.82. The summed E-state index contributed by atoms with van der Waals surface area (Å²) in [7, 11) is 0. The number of alkyl halides is 2. The molecular formula is C12H14F2N8S. The average molecular weight is 340 g/mol. The normalized spacial score (nSPS) is 12.4. The summed E-state index contributed by atoms with van der Waals surface area (Å²) in [5, 5.41) is 20.1. The molecule has 0 bridgehead atoms. The van der Waals surface area contributed by atoms with E-state index in [1.807, 2.05) is 20.8 Å². The number of hydrogen-bond acceptors (Lipinski definition) is 7. The molecule has 3 heterocycles. The van der Waals surface area contributed by atoms with E-state index in [9.17, 15) is 8.78 Å². The van der Waals surface area contributed by atoms with Gasteiger partial charge >= 0.3 is 0 Å². The highest BCUT2D eigenvalue weighted by atomic mass is 32.2. The van der Waals surface area contributed by atoms with Crippen molar-refractivity contribution in [3.05, 3.63) is 23.8 Å². The van der Waals surface area contributed by atoms with Crippen LogP contribution in [0.2, 0.25) is 0 Å². The van der Waals surface area contributed by atoms with E-state index in [-0.39, 0.29) is 11.1 Å². The van der Waals surface area contributed by atoms with E-state index >= 15 is 0 Å². The predicted molar refractivity (Wildman–Crippen MR) is 78.7 cm³/mol. The Bertz CT molecular complexity index is 850. The quantitative estimate of drug-likeness (QED) is 0.726. The van der Waals surface area contributed by atoms with Gasteiger partial charge in [0.15, 0.2) is 11.5 Å². The van der Waals surface area contributed by atoms with E-state index in [4.69, 9.17) is 5.84 Å². The maximum Gasteiger partial charge on any atom is 0.299 e. The molecule has 0 unspecified atom stereocenters. The van der Waals surface area contributed by atoms with Crippen molar-refractivity contribution in [3.8, 4) is 0 Å². The topological polar surface area (TPSA) is 99.8 Å². The molecular weight excluding hydrogens is 326 g/mol. The van der Waals surface area contributed by atoms with Crippen molar-refractivity contribution in [3.63, 3.8) is 0 Å². The lowest BCUT2D eigenvalue weighted by molar-refractivity contribution is 0.137. The summed E-state index contributed by atoms with van der Waals surface area (Å²) in [6.07, 6.45) is -2.76. The monoisotopic (exact) mass is 340 g/mol. The van der Waals surface area contributed by atoms with Crippen molar-refractivity contribution in [2.45, 2.75) is 42.8 Å². The van der Waals surface area contributed by atoms with Gasteiger partial charge in [0.25, 0.3) is 6.43 Å². The molecule has 0 aromatic carbocycles. The van der Waals surface area contributed by atoms with Crippen molar-refractivity contribution >= 4 is 17.4 Å². The van der Waals surface area contributed by atoms with E-state index in [0.29, 0.717) is 16.0 Å². The molecule has 122 valence electrons. The first kappa shape index (κ1) is 15.6. The molecule has 3 rings (SSSR count). The highest BCUT2D eigenvalue weighted by Gasteiger charge is 2.24. The van der Waals surface area contributed by atoms with Gasteiger partial charge in [-0.1, -0.05) is 20.8 Å². The minimum Gasteiger partial charge on any atom is -0.336 e. The van der Waals surface area contributed by atoms with Gasteiger partial charge in [-0.2, -0.15) is 9.61 Å². The Morgan fingerprint density at radius 3 is 2.48 bits per heavy atom. The third-order valence-electron chi connectivity index (χ3n) is 2.99. The number of halogens is 2. The first-order valence-corrected chi connectivity index (χ1v) is 7.48. The third kappa shape index (κ3) is 2.83. The Labute approximate surface area is 134 Å². The van der Waals surface area contributed by atoms with Gasteiger partial charge in [-0.15, -0.1) is 20.4 Å². The molecule has 0 aliphatic carbocycles. The van der Waals surface area contributed by atoms with Crippen molar-refractivity contribution in [1.29, 1.82) is 0 Å². The summed E-state index contributed by atoms with van der Waals surface area (Å²) in [5.74, 6) is 6.10. The average Bonchev–Trinajstić information content (AvgIpc) is 3.02. The number of hydrogen-bond donors (Lipinski definition) is 1. The zero-order chi connectivity index (χ0) is 16.8. The molecule has 3 aromatic rings. The molecule has 3 aromatic heterocycles.